The number of benzene rings is 1. The molecule has 28 heavy (non-hydrogen) atoms. The van der Waals surface area contributed by atoms with Gasteiger partial charge in [0, 0.05) is 44.9 Å². The number of carbonyl (C=O) groups is 2. The van der Waals surface area contributed by atoms with Crippen LogP contribution in [0.15, 0.2) is 24.3 Å². The molecule has 0 aliphatic carbocycles. The smallest absolute Gasteiger partial charge is 0.253 e. The minimum Gasteiger partial charge on any atom is -0.383 e. The predicted octanol–water partition coefficient (Wildman–Crippen LogP) is 1.90. The molecule has 3 rings (SSSR count). The number of halogens is 1. The molecule has 0 aromatic heterocycles. The highest BCUT2D eigenvalue weighted by Crippen LogP contribution is 2.24. The Morgan fingerprint density at radius 1 is 1.14 bits per heavy atom. The topological polar surface area (TPSA) is 61.9 Å². The molecule has 6 nitrogen and oxygen atoms in total. The molecular weight excluding hydrogens is 361 g/mol. The van der Waals surface area contributed by atoms with E-state index in [1.807, 2.05) is 4.90 Å². The standard InChI is InChI=1S/C21H30FN3O3/c1-28-14-10-23-20(26)17-3-2-11-25(15-17)19-8-12-24(13-9-19)21(27)16-4-6-18(22)7-5-16/h4-7,17,19H,2-3,8-15H2,1H3,(H,23,26)/t17-/m0/s1. The number of amides is 2. The van der Waals surface area contributed by atoms with Gasteiger partial charge in [-0.25, -0.2) is 4.39 Å². The first-order valence-corrected chi connectivity index (χ1v) is 10.1. The summed E-state index contributed by atoms with van der Waals surface area (Å²) in [4.78, 5) is 29.2. The maximum absolute atomic E-state index is 13.1. The van der Waals surface area contributed by atoms with Crippen LogP contribution >= 0.6 is 0 Å². The van der Waals surface area contributed by atoms with E-state index in [1.54, 1.807) is 19.2 Å². The van der Waals surface area contributed by atoms with Crippen molar-refractivity contribution < 1.29 is 18.7 Å². The Labute approximate surface area is 166 Å². The molecule has 2 aliphatic heterocycles. The number of nitrogens with zero attached hydrogens (tertiary/aromatic N) is 2. The summed E-state index contributed by atoms with van der Waals surface area (Å²) in [6, 6.07) is 6.14. The van der Waals surface area contributed by atoms with Gasteiger partial charge in [-0.3, -0.25) is 14.5 Å². The Kier molecular flexibility index (Phi) is 7.39. The van der Waals surface area contributed by atoms with Crippen LogP contribution in [0.2, 0.25) is 0 Å². The Morgan fingerprint density at radius 3 is 2.54 bits per heavy atom. The number of hydrogen-bond acceptors (Lipinski definition) is 4. The van der Waals surface area contributed by atoms with Crippen LogP contribution < -0.4 is 5.32 Å². The SMILES string of the molecule is COCCNC(=O)[C@H]1CCCN(C2CCN(C(=O)c3ccc(F)cc3)CC2)C1. The first kappa shape index (κ1) is 20.7. The van der Waals surface area contributed by atoms with Crippen molar-refractivity contribution in [2.75, 3.05) is 46.4 Å². The average molecular weight is 391 g/mol. The van der Waals surface area contributed by atoms with Crippen molar-refractivity contribution in [2.45, 2.75) is 31.7 Å². The van der Waals surface area contributed by atoms with Crippen molar-refractivity contribution in [2.24, 2.45) is 5.92 Å². The third-order valence-corrected chi connectivity index (χ3v) is 5.79. The van der Waals surface area contributed by atoms with E-state index in [-0.39, 0.29) is 23.5 Å². The maximum Gasteiger partial charge on any atom is 0.253 e. The summed E-state index contributed by atoms with van der Waals surface area (Å²) < 4.78 is 18.0. The highest BCUT2D eigenvalue weighted by atomic mass is 19.1. The summed E-state index contributed by atoms with van der Waals surface area (Å²) in [6.07, 6.45) is 3.77. The van der Waals surface area contributed by atoms with Gasteiger partial charge in [-0.05, 0) is 56.5 Å². The number of rotatable bonds is 6. The van der Waals surface area contributed by atoms with Crippen molar-refractivity contribution in [3.8, 4) is 0 Å². The summed E-state index contributed by atoms with van der Waals surface area (Å²) in [7, 11) is 1.63. The number of ether oxygens (including phenoxy) is 1. The van der Waals surface area contributed by atoms with Gasteiger partial charge in [0.25, 0.3) is 5.91 Å². The molecule has 1 aromatic rings. The van der Waals surface area contributed by atoms with Crippen LogP contribution in [0.1, 0.15) is 36.0 Å². The fourth-order valence-corrected chi connectivity index (χ4v) is 4.18. The second kappa shape index (κ2) is 9.98. The third-order valence-electron chi connectivity index (χ3n) is 5.79. The summed E-state index contributed by atoms with van der Waals surface area (Å²) in [5.41, 5.74) is 0.533. The molecule has 2 saturated heterocycles. The number of carbonyl (C=O) groups excluding carboxylic acids is 2. The molecule has 2 heterocycles. The van der Waals surface area contributed by atoms with Crippen molar-refractivity contribution in [1.82, 2.24) is 15.1 Å². The van der Waals surface area contributed by atoms with Crippen LogP contribution in [0.5, 0.6) is 0 Å². The molecule has 0 radical (unpaired) electrons. The van der Waals surface area contributed by atoms with Gasteiger partial charge < -0.3 is 15.0 Å². The van der Waals surface area contributed by atoms with Crippen molar-refractivity contribution in [3.05, 3.63) is 35.6 Å². The zero-order valence-corrected chi connectivity index (χ0v) is 16.5. The number of hydrogen-bond donors (Lipinski definition) is 1. The monoisotopic (exact) mass is 391 g/mol. The summed E-state index contributed by atoms with van der Waals surface area (Å²) >= 11 is 0. The molecule has 154 valence electrons. The first-order valence-electron chi connectivity index (χ1n) is 10.1. The number of piperidine rings is 2. The average Bonchev–Trinajstić information content (AvgIpc) is 2.74. The lowest BCUT2D eigenvalue weighted by Crippen LogP contribution is -2.51. The van der Waals surface area contributed by atoms with E-state index in [1.165, 1.54) is 12.1 Å². The highest BCUT2D eigenvalue weighted by molar-refractivity contribution is 5.94. The molecule has 2 aliphatic rings. The molecule has 7 heteroatoms. The summed E-state index contributed by atoms with van der Waals surface area (Å²) in [6.45, 7) is 4.27. The molecule has 1 atom stereocenters. The van der Waals surface area contributed by atoms with Gasteiger partial charge in [0.05, 0.1) is 12.5 Å². The lowest BCUT2D eigenvalue weighted by molar-refractivity contribution is -0.127. The molecule has 0 unspecified atom stereocenters. The van der Waals surface area contributed by atoms with E-state index in [2.05, 4.69) is 10.2 Å². The Hall–Kier alpha value is -1.99. The Balaban J connectivity index is 1.48. The predicted molar refractivity (Wildman–Crippen MR) is 105 cm³/mol. The number of likely N-dealkylation sites (tertiary alicyclic amines) is 2. The lowest BCUT2D eigenvalue weighted by atomic mass is 9.93. The van der Waals surface area contributed by atoms with Crippen LogP contribution in [0, 0.1) is 11.7 Å². The molecule has 0 saturated carbocycles. The quantitative estimate of drug-likeness (QED) is 0.753. The number of nitrogens with one attached hydrogen (secondary N) is 1. The van der Waals surface area contributed by atoms with Gasteiger partial charge in [-0.1, -0.05) is 0 Å². The summed E-state index contributed by atoms with van der Waals surface area (Å²) in [5, 5.41) is 2.95. The Bertz CT molecular complexity index is 659. The molecule has 1 aromatic carbocycles. The molecule has 2 amide bonds. The third kappa shape index (κ3) is 5.29. The molecule has 0 bridgehead atoms. The molecule has 0 spiro atoms. The minimum absolute atomic E-state index is 0.0319. The zero-order valence-electron chi connectivity index (χ0n) is 16.5. The van der Waals surface area contributed by atoms with Gasteiger partial charge in [-0.15, -0.1) is 0 Å². The van der Waals surface area contributed by atoms with Gasteiger partial charge in [0.1, 0.15) is 5.82 Å². The van der Waals surface area contributed by atoms with E-state index >= 15 is 0 Å². The van der Waals surface area contributed by atoms with Gasteiger partial charge in [-0.2, -0.15) is 0 Å². The van der Waals surface area contributed by atoms with Crippen LogP contribution in [-0.2, 0) is 9.53 Å². The largest absolute Gasteiger partial charge is 0.383 e. The second-order valence-electron chi connectivity index (χ2n) is 7.65. The summed E-state index contributed by atoms with van der Waals surface area (Å²) in [5.74, 6) is -0.219. The zero-order chi connectivity index (χ0) is 19.9. The molecule has 1 N–H and O–H groups in total. The van der Waals surface area contributed by atoms with E-state index in [0.717, 1.165) is 38.8 Å². The lowest BCUT2D eigenvalue weighted by Gasteiger charge is -2.42. The molecular formula is C21H30FN3O3. The van der Waals surface area contributed by atoms with Gasteiger partial charge in [0.2, 0.25) is 5.91 Å². The second-order valence-corrected chi connectivity index (χ2v) is 7.65. The van der Waals surface area contributed by atoms with Crippen LogP contribution in [0.4, 0.5) is 4.39 Å². The van der Waals surface area contributed by atoms with Crippen molar-refractivity contribution in [1.29, 1.82) is 0 Å². The van der Waals surface area contributed by atoms with E-state index in [4.69, 9.17) is 4.74 Å². The van der Waals surface area contributed by atoms with Crippen LogP contribution in [0.3, 0.4) is 0 Å². The first-order chi connectivity index (χ1) is 13.6. The van der Waals surface area contributed by atoms with Crippen LogP contribution in [0.25, 0.3) is 0 Å². The van der Waals surface area contributed by atoms with Crippen molar-refractivity contribution >= 4 is 11.8 Å². The van der Waals surface area contributed by atoms with Crippen LogP contribution in [-0.4, -0.2) is 74.1 Å². The van der Waals surface area contributed by atoms with Gasteiger partial charge in [0.15, 0.2) is 0 Å². The fraction of sp³-hybridized carbons (Fsp3) is 0.619. The maximum atomic E-state index is 13.1. The minimum atomic E-state index is -0.332. The molecule has 2 fully saturated rings. The van der Waals surface area contributed by atoms with E-state index in [9.17, 15) is 14.0 Å². The highest BCUT2D eigenvalue weighted by Gasteiger charge is 2.32. The number of methoxy groups -OCH3 is 1. The van der Waals surface area contributed by atoms with Crippen molar-refractivity contribution in [3.63, 3.8) is 0 Å². The Morgan fingerprint density at radius 2 is 1.86 bits per heavy atom. The normalized spacial score (nSPS) is 21.5. The fourth-order valence-electron chi connectivity index (χ4n) is 4.18. The van der Waals surface area contributed by atoms with E-state index < -0.39 is 0 Å². The van der Waals surface area contributed by atoms with Gasteiger partial charge >= 0.3 is 0 Å². The van der Waals surface area contributed by atoms with E-state index in [0.29, 0.717) is 37.8 Å².